The van der Waals surface area contributed by atoms with Gasteiger partial charge in [0.05, 0.1) is 19.0 Å². The number of nitrogens with zero attached hydrogens (tertiary/aromatic N) is 3. The Hall–Kier alpha value is -3.45. The highest BCUT2D eigenvalue weighted by Crippen LogP contribution is 2.52. The van der Waals surface area contributed by atoms with E-state index in [-0.39, 0.29) is 0 Å². The van der Waals surface area contributed by atoms with Crippen molar-refractivity contribution in [3.8, 4) is 22.8 Å². The lowest BCUT2D eigenvalue weighted by Crippen LogP contribution is -2.33. The van der Waals surface area contributed by atoms with E-state index in [0.717, 1.165) is 47.2 Å². The average molecular weight is 421 g/mol. The Morgan fingerprint density at radius 2 is 2.03 bits per heavy atom. The Kier molecular flexibility index (Phi) is 3.93. The summed E-state index contributed by atoms with van der Waals surface area (Å²) in [6.45, 7) is 13.7. The molecule has 0 spiro atoms. The summed E-state index contributed by atoms with van der Waals surface area (Å²) in [5.74, 6) is 1.88. The van der Waals surface area contributed by atoms with Gasteiger partial charge in [0.1, 0.15) is 16.9 Å². The van der Waals surface area contributed by atoms with E-state index in [0.29, 0.717) is 6.42 Å². The number of aromatic nitrogens is 2. The summed E-state index contributed by atoms with van der Waals surface area (Å²) in [6.07, 6.45) is 5.89. The Bertz CT molecular complexity index is 1510. The van der Waals surface area contributed by atoms with Gasteiger partial charge in [-0.05, 0) is 70.8 Å². The molecule has 3 aromatic carbocycles. The lowest BCUT2D eigenvalue weighted by molar-refractivity contribution is -0.662. The van der Waals surface area contributed by atoms with Crippen LogP contribution >= 0.6 is 0 Å². The summed E-state index contributed by atoms with van der Waals surface area (Å²) in [6, 6.07) is 11.0. The smallest absolute Gasteiger partial charge is 0.287 e. The van der Waals surface area contributed by atoms with Crippen molar-refractivity contribution in [3.05, 3.63) is 70.3 Å². The van der Waals surface area contributed by atoms with E-state index in [1.54, 1.807) is 0 Å². The van der Waals surface area contributed by atoms with Crippen LogP contribution in [0.25, 0.3) is 37.8 Å². The normalized spacial score (nSPS) is 14.2. The number of hydrogen-bond acceptors (Lipinski definition) is 2. The minimum absolute atomic E-state index is 0.455. The molecule has 0 N–H and O–H groups in total. The summed E-state index contributed by atoms with van der Waals surface area (Å²) in [5.41, 5.74) is 7.98. The van der Waals surface area contributed by atoms with Gasteiger partial charge in [0.15, 0.2) is 11.2 Å². The molecular formula is C28H26N3O+. The Balaban J connectivity index is 1.70. The van der Waals surface area contributed by atoms with E-state index in [2.05, 4.69) is 53.7 Å². The van der Waals surface area contributed by atoms with Crippen LogP contribution in [-0.2, 0) is 26.3 Å². The minimum Gasteiger partial charge on any atom is -0.455 e. The van der Waals surface area contributed by atoms with Crippen molar-refractivity contribution in [2.24, 2.45) is 7.05 Å². The van der Waals surface area contributed by atoms with Gasteiger partial charge in [-0.15, -0.1) is 0 Å². The molecule has 0 fully saturated rings. The molecule has 158 valence electrons. The first kappa shape index (κ1) is 19.3. The van der Waals surface area contributed by atoms with E-state index < -0.39 is 5.54 Å². The largest absolute Gasteiger partial charge is 0.455 e. The molecule has 0 amide bonds. The van der Waals surface area contributed by atoms with Crippen molar-refractivity contribution in [3.63, 3.8) is 0 Å². The topological polar surface area (TPSA) is 30.4 Å². The summed E-state index contributed by atoms with van der Waals surface area (Å²) < 4.78 is 8.90. The van der Waals surface area contributed by atoms with Gasteiger partial charge in [0.25, 0.3) is 6.33 Å². The molecule has 32 heavy (non-hydrogen) atoms. The molecule has 0 atom stereocenters. The number of ether oxygens (including phenoxy) is 1. The van der Waals surface area contributed by atoms with Crippen molar-refractivity contribution >= 4 is 21.7 Å². The zero-order valence-corrected chi connectivity index (χ0v) is 19.0. The summed E-state index contributed by atoms with van der Waals surface area (Å²) in [5, 5.41) is 3.79. The predicted molar refractivity (Wildman–Crippen MR) is 127 cm³/mol. The molecule has 0 saturated heterocycles. The van der Waals surface area contributed by atoms with Crippen LogP contribution in [0.15, 0.2) is 36.7 Å². The third kappa shape index (κ3) is 2.61. The van der Waals surface area contributed by atoms with Crippen LogP contribution in [0.2, 0.25) is 0 Å². The molecule has 4 nitrogen and oxygen atoms in total. The fourth-order valence-corrected chi connectivity index (χ4v) is 5.65. The van der Waals surface area contributed by atoms with Crippen LogP contribution in [0.1, 0.15) is 42.5 Å². The number of rotatable bonds is 2. The Morgan fingerprint density at radius 1 is 1.19 bits per heavy atom. The molecule has 4 heteroatoms. The number of aryl methyl sites for hydroxylation is 4. The first-order valence-corrected chi connectivity index (χ1v) is 11.3. The lowest BCUT2D eigenvalue weighted by Gasteiger charge is -2.28. The molecule has 6 rings (SSSR count). The van der Waals surface area contributed by atoms with Crippen LogP contribution in [0.3, 0.4) is 0 Å². The monoisotopic (exact) mass is 420 g/mol. The summed E-state index contributed by atoms with van der Waals surface area (Å²) in [7, 11) is 2.07. The fourth-order valence-electron chi connectivity index (χ4n) is 5.65. The molecule has 2 aliphatic rings. The lowest BCUT2D eigenvalue weighted by atomic mass is 9.82. The van der Waals surface area contributed by atoms with Gasteiger partial charge >= 0.3 is 0 Å². The zero-order chi connectivity index (χ0) is 22.2. The molecule has 0 unspecified atom stereocenters. The molecule has 0 saturated carbocycles. The van der Waals surface area contributed by atoms with E-state index >= 15 is 0 Å². The Labute approximate surface area is 188 Å². The molecule has 1 aliphatic heterocycles. The quantitative estimate of drug-likeness (QED) is 0.258. The number of hydrogen-bond donors (Lipinski definition) is 0. The van der Waals surface area contributed by atoms with Gasteiger partial charge in [-0.1, -0.05) is 18.2 Å². The first-order valence-electron chi connectivity index (χ1n) is 11.3. The van der Waals surface area contributed by atoms with Crippen molar-refractivity contribution in [1.29, 1.82) is 0 Å². The van der Waals surface area contributed by atoms with E-state index in [1.165, 1.54) is 38.7 Å². The number of benzene rings is 3. The van der Waals surface area contributed by atoms with Gasteiger partial charge < -0.3 is 9.58 Å². The Morgan fingerprint density at radius 3 is 2.84 bits per heavy atom. The van der Waals surface area contributed by atoms with E-state index in [9.17, 15) is 0 Å². The van der Waals surface area contributed by atoms with Gasteiger partial charge in [0.2, 0.25) is 5.54 Å². The average Bonchev–Trinajstić information content (AvgIpc) is 2.78. The molecule has 1 aromatic heterocycles. The van der Waals surface area contributed by atoms with Crippen molar-refractivity contribution in [2.75, 3.05) is 0 Å². The van der Waals surface area contributed by atoms with Crippen molar-refractivity contribution < 1.29 is 9.30 Å². The first-order chi connectivity index (χ1) is 15.4. The highest BCUT2D eigenvalue weighted by molar-refractivity contribution is 6.06. The van der Waals surface area contributed by atoms with Crippen LogP contribution in [0.5, 0.6) is 11.5 Å². The third-order valence-electron chi connectivity index (χ3n) is 7.09. The maximum absolute atomic E-state index is 7.54. The second kappa shape index (κ2) is 6.53. The second-order valence-corrected chi connectivity index (χ2v) is 9.90. The molecule has 0 radical (unpaired) electrons. The SMILES string of the molecule is [C-]#[N+]C(C)(C)Cc1cc2c3c([n+](C)cnc3c1)-c1c(c3c4c(cccc4c1C)CCC3)O2. The molecule has 0 bridgehead atoms. The minimum atomic E-state index is -0.455. The van der Waals surface area contributed by atoms with Gasteiger partial charge in [-0.2, -0.15) is 0 Å². The van der Waals surface area contributed by atoms with Crippen LogP contribution < -0.4 is 9.30 Å². The highest BCUT2D eigenvalue weighted by Gasteiger charge is 2.34. The van der Waals surface area contributed by atoms with Gasteiger partial charge in [0, 0.05) is 19.4 Å². The summed E-state index contributed by atoms with van der Waals surface area (Å²) >= 11 is 0. The zero-order valence-electron chi connectivity index (χ0n) is 19.0. The van der Waals surface area contributed by atoms with E-state index in [1.807, 2.05) is 20.2 Å². The maximum atomic E-state index is 7.54. The predicted octanol–water partition coefficient (Wildman–Crippen LogP) is 6.02. The number of fused-ring (bicyclic) bond motifs is 3. The standard InChI is InChI=1S/C28H26N3O/c1-16-19-10-6-8-18-9-7-11-20(24(18)19)27-23(16)26-25-21(30-15-31(26)5)12-17(13-22(25)32-27)14-28(2,3)29-4/h6,8,10,12-13,15H,7,9,11,14H2,1-3,5H3/q+1. The molecular weight excluding hydrogens is 394 g/mol. The molecule has 2 heterocycles. The van der Waals surface area contributed by atoms with Crippen molar-refractivity contribution in [1.82, 2.24) is 4.98 Å². The van der Waals surface area contributed by atoms with Crippen LogP contribution in [0.4, 0.5) is 0 Å². The van der Waals surface area contributed by atoms with Crippen LogP contribution in [-0.4, -0.2) is 10.5 Å². The fraction of sp³-hybridized carbons (Fsp3) is 0.321. The van der Waals surface area contributed by atoms with E-state index in [4.69, 9.17) is 16.3 Å². The molecule has 4 aromatic rings. The highest BCUT2D eigenvalue weighted by atomic mass is 16.5. The second-order valence-electron chi connectivity index (χ2n) is 9.90. The van der Waals surface area contributed by atoms with Gasteiger partial charge in [-0.25, -0.2) is 11.1 Å². The van der Waals surface area contributed by atoms with Gasteiger partial charge in [-0.3, -0.25) is 0 Å². The van der Waals surface area contributed by atoms with Crippen LogP contribution in [0, 0.1) is 13.5 Å². The summed E-state index contributed by atoms with van der Waals surface area (Å²) in [4.78, 5) is 8.55. The van der Waals surface area contributed by atoms with Crippen molar-refractivity contribution in [2.45, 2.75) is 52.0 Å². The maximum Gasteiger partial charge on any atom is 0.287 e. The third-order valence-corrected chi connectivity index (χ3v) is 7.09. The molecule has 1 aliphatic carbocycles.